The molecule has 0 aliphatic carbocycles. The summed E-state index contributed by atoms with van der Waals surface area (Å²) in [6.45, 7) is 0. The highest BCUT2D eigenvalue weighted by Crippen LogP contribution is 2.25. The second-order valence-electron chi connectivity index (χ2n) is 5.45. The van der Waals surface area contributed by atoms with Gasteiger partial charge in [-0.15, -0.1) is 0 Å². The fourth-order valence-electron chi connectivity index (χ4n) is 2.26. The highest BCUT2D eigenvalue weighted by molar-refractivity contribution is 9.10. The second-order valence-corrected chi connectivity index (χ2v) is 7.15. The van der Waals surface area contributed by atoms with Crippen molar-refractivity contribution in [2.24, 2.45) is 0 Å². The molecule has 1 aromatic heterocycles. The fourth-order valence-corrected chi connectivity index (χ4v) is 3.05. The Morgan fingerprint density at radius 1 is 0.731 bits per heavy atom. The van der Waals surface area contributed by atoms with Gasteiger partial charge in [0.15, 0.2) is 0 Å². The Morgan fingerprint density at radius 3 is 1.46 bits per heavy atom. The van der Waals surface area contributed by atoms with E-state index in [-0.39, 0.29) is 22.2 Å². The van der Waals surface area contributed by atoms with Gasteiger partial charge in [0.1, 0.15) is 22.2 Å². The van der Waals surface area contributed by atoms with Gasteiger partial charge in [-0.05, 0) is 79.4 Å². The molecule has 8 heteroatoms. The zero-order chi connectivity index (χ0) is 18.8. The van der Waals surface area contributed by atoms with Crippen molar-refractivity contribution in [2.45, 2.75) is 0 Å². The van der Waals surface area contributed by atoms with Crippen LogP contribution in [0.2, 0.25) is 0 Å². The van der Waals surface area contributed by atoms with Crippen LogP contribution in [0.4, 0.5) is 0 Å². The average Bonchev–Trinajstić information content (AvgIpc) is 2.59. The summed E-state index contributed by atoms with van der Waals surface area (Å²) in [6, 6.07) is 9.44. The number of benzene rings is 2. The van der Waals surface area contributed by atoms with Crippen molar-refractivity contribution in [3.63, 3.8) is 0 Å². The molecule has 0 aliphatic rings. The summed E-state index contributed by atoms with van der Waals surface area (Å²) in [5, 5.41) is 19.2. The van der Waals surface area contributed by atoms with Crippen molar-refractivity contribution >= 4 is 44.0 Å². The molecule has 132 valence electrons. The molecule has 26 heavy (non-hydrogen) atoms. The number of nitrogens with one attached hydrogen (secondary N) is 2. The normalized spacial score (nSPS) is 12.5. The summed E-state index contributed by atoms with van der Waals surface area (Å²) in [5.74, 6) is 0.157. The van der Waals surface area contributed by atoms with Crippen LogP contribution in [0.15, 0.2) is 54.9 Å². The average molecular weight is 480 g/mol. The maximum Gasteiger partial charge on any atom is 0.272 e. The first kappa shape index (κ1) is 18.2. The number of hydrogen-bond donors (Lipinski definition) is 4. The van der Waals surface area contributed by atoms with Gasteiger partial charge in [0.25, 0.3) is 11.1 Å². The molecule has 0 fully saturated rings. The minimum Gasteiger partial charge on any atom is -0.507 e. The van der Waals surface area contributed by atoms with Gasteiger partial charge in [-0.2, -0.15) is 0 Å². The molecule has 3 aromatic rings. The largest absolute Gasteiger partial charge is 0.507 e. The standard InChI is InChI=1S/C18H12Br2N2O4/c19-11-5-9(1-3-15(11)23)7-13-17(25)22-14(18(26)21-13)8-10-2-4-16(24)12(20)6-10/h1-8,23-24H,(H,21,26)(H,22,25)/b13-7-,14-8-. The minimum atomic E-state index is -0.460. The van der Waals surface area contributed by atoms with Crippen molar-refractivity contribution in [2.75, 3.05) is 0 Å². The molecule has 3 rings (SSSR count). The maximum atomic E-state index is 12.3. The predicted molar refractivity (Wildman–Crippen MR) is 106 cm³/mol. The Bertz CT molecular complexity index is 1130. The molecule has 0 amide bonds. The molecular weight excluding hydrogens is 468 g/mol. The SMILES string of the molecule is O=c1[nH]/c(=C\c2ccc(O)c(Br)c2)c(=O)[nH]/c1=C\c1ccc(O)c(Br)c1. The van der Waals surface area contributed by atoms with E-state index < -0.39 is 11.1 Å². The minimum absolute atomic E-state index is 0.0783. The van der Waals surface area contributed by atoms with Gasteiger partial charge in [-0.3, -0.25) is 9.59 Å². The summed E-state index contributed by atoms with van der Waals surface area (Å²) in [4.78, 5) is 29.6. The first-order valence-electron chi connectivity index (χ1n) is 7.36. The lowest BCUT2D eigenvalue weighted by Gasteiger charge is -1.99. The monoisotopic (exact) mass is 478 g/mol. The fraction of sp³-hybridized carbons (Fsp3) is 0. The van der Waals surface area contributed by atoms with Crippen LogP contribution < -0.4 is 21.8 Å². The van der Waals surface area contributed by atoms with Crippen LogP contribution in [-0.4, -0.2) is 20.2 Å². The van der Waals surface area contributed by atoms with E-state index in [4.69, 9.17) is 0 Å². The quantitative estimate of drug-likeness (QED) is 0.448. The molecular formula is C18H12Br2N2O4. The number of halogens is 2. The number of phenols is 2. The molecule has 0 bridgehead atoms. The highest BCUT2D eigenvalue weighted by Gasteiger charge is 2.01. The lowest BCUT2D eigenvalue weighted by Crippen LogP contribution is -2.46. The lowest BCUT2D eigenvalue weighted by atomic mass is 10.2. The lowest BCUT2D eigenvalue weighted by molar-refractivity contribution is 0.471. The number of aromatic hydroxyl groups is 2. The predicted octanol–water partition coefficient (Wildman–Crippen LogP) is 1.66. The smallest absolute Gasteiger partial charge is 0.272 e. The molecule has 2 aromatic carbocycles. The number of H-pyrrole nitrogens is 2. The van der Waals surface area contributed by atoms with Gasteiger partial charge in [-0.25, -0.2) is 0 Å². The Labute approximate surface area is 163 Å². The van der Waals surface area contributed by atoms with E-state index in [1.165, 1.54) is 24.3 Å². The van der Waals surface area contributed by atoms with E-state index >= 15 is 0 Å². The molecule has 0 saturated carbocycles. The van der Waals surface area contributed by atoms with Crippen LogP contribution in [0.5, 0.6) is 11.5 Å². The maximum absolute atomic E-state index is 12.3. The Balaban J connectivity index is 2.11. The molecule has 0 spiro atoms. The third-order valence-electron chi connectivity index (χ3n) is 3.55. The van der Waals surface area contributed by atoms with Gasteiger partial charge in [-0.1, -0.05) is 12.1 Å². The van der Waals surface area contributed by atoms with E-state index in [2.05, 4.69) is 41.8 Å². The topological polar surface area (TPSA) is 106 Å². The van der Waals surface area contributed by atoms with E-state index in [0.717, 1.165) is 0 Å². The molecule has 0 aliphatic heterocycles. The molecule has 1 heterocycles. The summed E-state index contributed by atoms with van der Waals surface area (Å²) < 4.78 is 0.959. The molecule has 0 saturated heterocycles. The van der Waals surface area contributed by atoms with Crippen LogP contribution >= 0.6 is 31.9 Å². The van der Waals surface area contributed by atoms with E-state index in [9.17, 15) is 19.8 Å². The van der Waals surface area contributed by atoms with E-state index in [0.29, 0.717) is 20.1 Å². The van der Waals surface area contributed by atoms with Crippen molar-refractivity contribution in [3.8, 4) is 11.5 Å². The van der Waals surface area contributed by atoms with Gasteiger partial charge in [0.05, 0.1) is 8.95 Å². The number of aromatic amines is 2. The van der Waals surface area contributed by atoms with Crippen molar-refractivity contribution in [1.29, 1.82) is 0 Å². The third-order valence-corrected chi connectivity index (χ3v) is 4.82. The summed E-state index contributed by atoms with van der Waals surface area (Å²) in [6.07, 6.45) is 3.01. The van der Waals surface area contributed by atoms with Gasteiger partial charge in [0.2, 0.25) is 0 Å². The number of hydrogen-bond acceptors (Lipinski definition) is 4. The van der Waals surface area contributed by atoms with Gasteiger partial charge in [0, 0.05) is 0 Å². The van der Waals surface area contributed by atoms with Crippen LogP contribution in [0.3, 0.4) is 0 Å². The summed E-state index contributed by atoms with van der Waals surface area (Å²) in [5.41, 5.74) is 0.348. The van der Waals surface area contributed by atoms with Crippen LogP contribution in [-0.2, 0) is 0 Å². The van der Waals surface area contributed by atoms with Gasteiger partial charge >= 0.3 is 0 Å². The molecule has 4 N–H and O–H groups in total. The van der Waals surface area contributed by atoms with Crippen LogP contribution in [0.25, 0.3) is 12.2 Å². The first-order valence-corrected chi connectivity index (χ1v) is 8.95. The number of rotatable bonds is 2. The van der Waals surface area contributed by atoms with E-state index in [1.54, 1.807) is 24.3 Å². The summed E-state index contributed by atoms with van der Waals surface area (Å²) >= 11 is 6.39. The zero-order valence-corrected chi connectivity index (χ0v) is 16.3. The zero-order valence-electron chi connectivity index (χ0n) is 13.1. The van der Waals surface area contributed by atoms with Crippen LogP contribution in [0.1, 0.15) is 11.1 Å². The van der Waals surface area contributed by atoms with E-state index in [1.807, 2.05) is 0 Å². The molecule has 0 radical (unpaired) electrons. The third kappa shape index (κ3) is 3.97. The van der Waals surface area contributed by atoms with Crippen molar-refractivity contribution in [3.05, 3.63) is 87.9 Å². The molecule has 6 nitrogen and oxygen atoms in total. The highest BCUT2D eigenvalue weighted by atomic mass is 79.9. The molecule has 0 unspecified atom stereocenters. The Kier molecular flexibility index (Phi) is 5.15. The Morgan fingerprint density at radius 2 is 1.12 bits per heavy atom. The van der Waals surface area contributed by atoms with Gasteiger partial charge < -0.3 is 20.2 Å². The van der Waals surface area contributed by atoms with Crippen molar-refractivity contribution < 1.29 is 10.2 Å². The molecule has 0 atom stereocenters. The number of phenolic OH excluding ortho intramolecular Hbond substituents is 2. The summed E-state index contributed by atoms with van der Waals surface area (Å²) in [7, 11) is 0. The van der Waals surface area contributed by atoms with Crippen molar-refractivity contribution in [1.82, 2.24) is 9.97 Å². The van der Waals surface area contributed by atoms with Crippen LogP contribution in [0, 0.1) is 0 Å². The number of aromatic nitrogens is 2. The first-order chi connectivity index (χ1) is 12.3. The second kappa shape index (κ2) is 7.35. The Hall–Kier alpha value is -2.58.